The normalized spacial score (nSPS) is 21.2. The van der Waals surface area contributed by atoms with Gasteiger partial charge < -0.3 is 24.3 Å². The van der Waals surface area contributed by atoms with Crippen molar-refractivity contribution in [3.8, 4) is 0 Å². The van der Waals surface area contributed by atoms with E-state index in [1.807, 2.05) is 60.7 Å². The third kappa shape index (κ3) is 5.31. The average molecular weight is 385 g/mol. The van der Waals surface area contributed by atoms with Gasteiger partial charge in [0.25, 0.3) is 0 Å². The van der Waals surface area contributed by atoms with Crippen molar-refractivity contribution in [2.75, 3.05) is 13.7 Å². The maximum Gasteiger partial charge on any atom is 0.407 e. The molecule has 2 aromatic carbocycles. The van der Waals surface area contributed by atoms with Crippen molar-refractivity contribution in [3.63, 3.8) is 0 Å². The molecule has 148 valence electrons. The molecule has 1 amide bonds. The van der Waals surface area contributed by atoms with Gasteiger partial charge in [-0.05, 0) is 11.1 Å². The summed E-state index contributed by atoms with van der Waals surface area (Å²) in [5.41, 5.74) is 1.78. The van der Waals surface area contributed by atoms with E-state index in [1.165, 1.54) is 7.11 Å². The SMILES string of the molecule is COC[C@H]1OC(=O)[C@H](OCc2ccccc2)[C@H]1NC(=O)OCc1ccccc1. The van der Waals surface area contributed by atoms with Gasteiger partial charge >= 0.3 is 12.1 Å². The molecule has 0 aromatic heterocycles. The summed E-state index contributed by atoms with van der Waals surface area (Å²) in [5.74, 6) is -0.536. The van der Waals surface area contributed by atoms with E-state index in [4.69, 9.17) is 18.9 Å². The summed E-state index contributed by atoms with van der Waals surface area (Å²) in [6.45, 7) is 0.483. The molecule has 0 aliphatic carbocycles. The van der Waals surface area contributed by atoms with Crippen LogP contribution in [0.15, 0.2) is 60.7 Å². The Balaban J connectivity index is 1.61. The highest BCUT2D eigenvalue weighted by Gasteiger charge is 2.46. The lowest BCUT2D eigenvalue weighted by atomic mass is 10.1. The number of cyclic esters (lactones) is 1. The van der Waals surface area contributed by atoms with Gasteiger partial charge in [-0.2, -0.15) is 0 Å². The minimum absolute atomic E-state index is 0.124. The smallest absolute Gasteiger partial charge is 0.407 e. The van der Waals surface area contributed by atoms with Crippen LogP contribution in [0.1, 0.15) is 11.1 Å². The van der Waals surface area contributed by atoms with E-state index in [0.717, 1.165) is 11.1 Å². The van der Waals surface area contributed by atoms with Gasteiger partial charge in [0.15, 0.2) is 6.10 Å². The summed E-state index contributed by atoms with van der Waals surface area (Å²) < 4.78 is 21.4. The van der Waals surface area contributed by atoms with Crippen LogP contribution in [-0.2, 0) is 37.0 Å². The molecule has 1 aliphatic rings. The fraction of sp³-hybridized carbons (Fsp3) is 0.333. The van der Waals surface area contributed by atoms with Crippen molar-refractivity contribution >= 4 is 12.1 Å². The van der Waals surface area contributed by atoms with Gasteiger partial charge in [-0.15, -0.1) is 0 Å². The van der Waals surface area contributed by atoms with Crippen LogP contribution in [0, 0.1) is 0 Å². The van der Waals surface area contributed by atoms with Gasteiger partial charge in [-0.3, -0.25) is 0 Å². The molecule has 0 unspecified atom stereocenters. The number of amides is 1. The summed E-state index contributed by atoms with van der Waals surface area (Å²) >= 11 is 0. The highest BCUT2D eigenvalue weighted by molar-refractivity contribution is 5.80. The highest BCUT2D eigenvalue weighted by Crippen LogP contribution is 2.21. The quantitative estimate of drug-likeness (QED) is 0.703. The first-order valence-corrected chi connectivity index (χ1v) is 8.99. The molecule has 0 radical (unpaired) electrons. The minimum atomic E-state index is -0.940. The molecule has 7 heteroatoms. The molecular formula is C21H23NO6. The van der Waals surface area contributed by atoms with Gasteiger partial charge in [0.05, 0.1) is 13.2 Å². The van der Waals surface area contributed by atoms with Gasteiger partial charge in [0.2, 0.25) is 0 Å². The summed E-state index contributed by atoms with van der Waals surface area (Å²) in [6, 6.07) is 18.1. The molecule has 0 bridgehead atoms. The maximum absolute atomic E-state index is 12.3. The molecule has 1 heterocycles. The van der Waals surface area contributed by atoms with Crippen molar-refractivity contribution in [1.82, 2.24) is 5.32 Å². The zero-order chi connectivity index (χ0) is 19.8. The standard InChI is InChI=1S/C21H23NO6/c1-25-14-17-18(22-21(24)27-13-16-10-6-3-7-11-16)19(20(23)28-17)26-12-15-8-4-2-5-9-15/h2-11,17-19H,12-14H2,1H3,(H,22,24)/t17-,18+,19-/m1/s1. The van der Waals surface area contributed by atoms with Crippen molar-refractivity contribution in [2.24, 2.45) is 0 Å². The molecule has 1 N–H and O–H groups in total. The van der Waals surface area contributed by atoms with Crippen molar-refractivity contribution in [2.45, 2.75) is 31.5 Å². The van der Waals surface area contributed by atoms with Crippen LogP contribution in [0.5, 0.6) is 0 Å². The van der Waals surface area contributed by atoms with Crippen LogP contribution in [0.25, 0.3) is 0 Å². The number of ether oxygens (including phenoxy) is 4. The van der Waals surface area contributed by atoms with Crippen LogP contribution in [0.2, 0.25) is 0 Å². The zero-order valence-electron chi connectivity index (χ0n) is 15.6. The lowest BCUT2D eigenvalue weighted by Gasteiger charge is -2.21. The van der Waals surface area contributed by atoms with Crippen LogP contribution in [-0.4, -0.2) is 44.0 Å². The number of benzene rings is 2. The Morgan fingerprint density at radius 1 is 1.00 bits per heavy atom. The Morgan fingerprint density at radius 3 is 2.21 bits per heavy atom. The summed E-state index contributed by atoms with van der Waals surface area (Å²) in [4.78, 5) is 24.5. The zero-order valence-corrected chi connectivity index (χ0v) is 15.6. The Hall–Kier alpha value is -2.90. The Morgan fingerprint density at radius 2 is 1.61 bits per heavy atom. The third-order valence-electron chi connectivity index (χ3n) is 4.33. The van der Waals surface area contributed by atoms with Crippen LogP contribution >= 0.6 is 0 Å². The van der Waals surface area contributed by atoms with Crippen molar-refractivity contribution in [1.29, 1.82) is 0 Å². The van der Waals surface area contributed by atoms with Crippen LogP contribution in [0.3, 0.4) is 0 Å². The summed E-state index contributed by atoms with van der Waals surface area (Å²) in [6.07, 6.45) is -2.24. The van der Waals surface area contributed by atoms with Crippen molar-refractivity contribution in [3.05, 3.63) is 71.8 Å². The van der Waals surface area contributed by atoms with Crippen molar-refractivity contribution < 1.29 is 28.5 Å². The number of methoxy groups -OCH3 is 1. The van der Waals surface area contributed by atoms with Gasteiger partial charge in [0, 0.05) is 7.11 Å². The first-order chi connectivity index (χ1) is 13.7. The van der Waals surface area contributed by atoms with E-state index in [2.05, 4.69) is 5.32 Å². The monoisotopic (exact) mass is 385 g/mol. The molecule has 2 aromatic rings. The van der Waals surface area contributed by atoms with E-state index in [0.29, 0.717) is 0 Å². The number of hydrogen-bond donors (Lipinski definition) is 1. The number of esters is 1. The van der Waals surface area contributed by atoms with Gasteiger partial charge in [0.1, 0.15) is 18.8 Å². The van der Waals surface area contributed by atoms with Crippen LogP contribution in [0.4, 0.5) is 4.79 Å². The largest absolute Gasteiger partial charge is 0.456 e. The third-order valence-corrected chi connectivity index (χ3v) is 4.33. The molecule has 1 fully saturated rings. The van der Waals surface area contributed by atoms with E-state index >= 15 is 0 Å². The summed E-state index contributed by atoms with van der Waals surface area (Å²) in [7, 11) is 1.50. The topological polar surface area (TPSA) is 83.1 Å². The number of alkyl carbamates (subject to hydrolysis) is 1. The van der Waals surface area contributed by atoms with Crippen LogP contribution < -0.4 is 5.32 Å². The highest BCUT2D eigenvalue weighted by atomic mass is 16.6. The number of nitrogens with one attached hydrogen (secondary N) is 1. The Kier molecular flexibility index (Phi) is 7.00. The lowest BCUT2D eigenvalue weighted by molar-refractivity contribution is -0.151. The predicted octanol–water partition coefficient (Wildman–Crippen LogP) is 2.44. The van der Waals surface area contributed by atoms with Gasteiger partial charge in [-0.25, -0.2) is 9.59 Å². The molecule has 0 saturated carbocycles. The molecule has 3 rings (SSSR count). The second-order valence-corrected chi connectivity index (χ2v) is 6.38. The number of carbonyl (C=O) groups is 2. The van der Waals surface area contributed by atoms with Gasteiger partial charge in [-0.1, -0.05) is 60.7 Å². The molecule has 1 saturated heterocycles. The molecule has 1 aliphatic heterocycles. The number of rotatable bonds is 8. The molecule has 3 atom stereocenters. The summed E-state index contributed by atoms with van der Waals surface area (Å²) in [5, 5.41) is 2.69. The number of carbonyl (C=O) groups excluding carboxylic acids is 2. The first-order valence-electron chi connectivity index (χ1n) is 8.99. The fourth-order valence-corrected chi connectivity index (χ4v) is 2.93. The minimum Gasteiger partial charge on any atom is -0.456 e. The first kappa shape index (κ1) is 19.9. The average Bonchev–Trinajstić information content (AvgIpc) is 3.01. The Bertz CT molecular complexity index is 767. The van der Waals surface area contributed by atoms with E-state index in [-0.39, 0.29) is 19.8 Å². The molecule has 28 heavy (non-hydrogen) atoms. The predicted molar refractivity (Wildman–Crippen MR) is 100 cm³/mol. The second-order valence-electron chi connectivity index (χ2n) is 6.38. The molecule has 0 spiro atoms. The van der Waals surface area contributed by atoms with E-state index in [1.54, 1.807) is 0 Å². The molecule has 7 nitrogen and oxygen atoms in total. The van der Waals surface area contributed by atoms with E-state index in [9.17, 15) is 9.59 Å². The number of hydrogen-bond acceptors (Lipinski definition) is 6. The maximum atomic E-state index is 12.3. The Labute approximate surface area is 163 Å². The second kappa shape index (κ2) is 9.87. The lowest BCUT2D eigenvalue weighted by Crippen LogP contribution is -2.49. The van der Waals surface area contributed by atoms with E-state index < -0.39 is 30.3 Å². The fourth-order valence-electron chi connectivity index (χ4n) is 2.93. The molecular weight excluding hydrogens is 362 g/mol.